The summed E-state index contributed by atoms with van der Waals surface area (Å²) in [5.74, 6) is -0.0932. The molecule has 0 bridgehead atoms. The fourth-order valence-electron chi connectivity index (χ4n) is 3.80. The molecule has 1 aliphatic rings. The molecule has 26 heavy (non-hydrogen) atoms. The van der Waals surface area contributed by atoms with Crippen LogP contribution in [0.15, 0.2) is 30.3 Å². The lowest BCUT2D eigenvalue weighted by atomic mass is 10.1. The molecule has 0 amide bonds. The van der Waals surface area contributed by atoms with Crippen LogP contribution < -0.4 is 0 Å². The van der Waals surface area contributed by atoms with Gasteiger partial charge in [-0.2, -0.15) is 0 Å². The van der Waals surface area contributed by atoms with E-state index in [0.29, 0.717) is 13.1 Å². The van der Waals surface area contributed by atoms with Gasteiger partial charge >= 0.3 is 0 Å². The number of rotatable bonds is 5. The first kappa shape index (κ1) is 18.8. The van der Waals surface area contributed by atoms with Gasteiger partial charge in [-0.3, -0.25) is 9.69 Å². The fourth-order valence-corrected chi connectivity index (χ4v) is 3.80. The van der Waals surface area contributed by atoms with E-state index in [-0.39, 0.29) is 23.8 Å². The van der Waals surface area contributed by atoms with Crippen LogP contribution in [-0.2, 0) is 11.3 Å². The number of benzene rings is 1. The summed E-state index contributed by atoms with van der Waals surface area (Å²) < 4.78 is 21.0. The average molecular weight is 358 g/mol. The number of aryl methyl sites for hydroxylation is 1. The van der Waals surface area contributed by atoms with E-state index in [1.165, 1.54) is 12.1 Å². The highest BCUT2D eigenvalue weighted by atomic mass is 19.1. The molecule has 140 valence electrons. The Hall–Kier alpha value is -1.98. The Balaban J connectivity index is 1.74. The molecule has 4 nitrogen and oxygen atoms in total. The van der Waals surface area contributed by atoms with Gasteiger partial charge in [-0.25, -0.2) is 4.39 Å². The molecule has 2 atom stereocenters. The molecule has 0 saturated carbocycles. The van der Waals surface area contributed by atoms with Gasteiger partial charge in [0.2, 0.25) is 0 Å². The zero-order valence-corrected chi connectivity index (χ0v) is 16.0. The molecule has 1 aliphatic heterocycles. The van der Waals surface area contributed by atoms with Crippen LogP contribution >= 0.6 is 0 Å². The first-order valence-corrected chi connectivity index (χ1v) is 9.15. The van der Waals surface area contributed by atoms with E-state index in [2.05, 4.69) is 9.47 Å². The van der Waals surface area contributed by atoms with Crippen LogP contribution in [0.4, 0.5) is 4.39 Å². The monoisotopic (exact) mass is 358 g/mol. The summed E-state index contributed by atoms with van der Waals surface area (Å²) in [7, 11) is 0. The van der Waals surface area contributed by atoms with Crippen LogP contribution in [0.5, 0.6) is 0 Å². The zero-order chi connectivity index (χ0) is 18.8. The highest BCUT2D eigenvalue weighted by Crippen LogP contribution is 2.19. The minimum absolute atomic E-state index is 0.143. The second-order valence-electron chi connectivity index (χ2n) is 7.37. The van der Waals surface area contributed by atoms with E-state index >= 15 is 0 Å². The van der Waals surface area contributed by atoms with E-state index in [4.69, 9.17) is 4.74 Å². The molecular formula is C21H27FN2O2. The van der Waals surface area contributed by atoms with Gasteiger partial charge in [0, 0.05) is 36.6 Å². The van der Waals surface area contributed by atoms with Crippen molar-refractivity contribution in [3.05, 3.63) is 58.7 Å². The maximum absolute atomic E-state index is 13.1. The van der Waals surface area contributed by atoms with Crippen LogP contribution in [0.25, 0.3) is 0 Å². The van der Waals surface area contributed by atoms with Crippen LogP contribution in [0, 0.1) is 19.7 Å². The predicted octanol–water partition coefficient (Wildman–Crippen LogP) is 3.58. The third-order valence-corrected chi connectivity index (χ3v) is 4.99. The molecule has 0 N–H and O–H groups in total. The number of ether oxygens (including phenoxy) is 1. The summed E-state index contributed by atoms with van der Waals surface area (Å²) in [6, 6.07) is 8.47. The van der Waals surface area contributed by atoms with Gasteiger partial charge < -0.3 is 9.30 Å². The number of Topliss-reactive ketones (excluding diaryl/α,β-unsaturated/α-hetero) is 1. The van der Waals surface area contributed by atoms with Crippen LogP contribution in [0.3, 0.4) is 0 Å². The smallest absolute Gasteiger partial charge is 0.178 e. The quantitative estimate of drug-likeness (QED) is 0.766. The van der Waals surface area contributed by atoms with Crippen molar-refractivity contribution < 1.29 is 13.9 Å². The molecule has 5 heteroatoms. The molecule has 1 aromatic carbocycles. The third-order valence-electron chi connectivity index (χ3n) is 4.99. The summed E-state index contributed by atoms with van der Waals surface area (Å²) in [5.41, 5.74) is 3.80. The summed E-state index contributed by atoms with van der Waals surface area (Å²) in [4.78, 5) is 15.0. The molecular weight excluding hydrogens is 331 g/mol. The van der Waals surface area contributed by atoms with E-state index < -0.39 is 0 Å². The zero-order valence-electron chi connectivity index (χ0n) is 16.0. The summed E-state index contributed by atoms with van der Waals surface area (Å²) in [5, 5.41) is 0. The van der Waals surface area contributed by atoms with E-state index in [9.17, 15) is 9.18 Å². The second kappa shape index (κ2) is 7.72. The number of carbonyl (C=O) groups is 1. The highest BCUT2D eigenvalue weighted by molar-refractivity contribution is 5.99. The largest absolute Gasteiger partial charge is 0.373 e. The summed E-state index contributed by atoms with van der Waals surface area (Å²) in [6.45, 7) is 10.7. The summed E-state index contributed by atoms with van der Waals surface area (Å²) in [6.07, 6.45) is 0.301. The number of hydrogen-bond donors (Lipinski definition) is 0. The molecule has 1 aromatic heterocycles. The molecule has 0 radical (unpaired) electrons. The molecule has 2 heterocycles. The van der Waals surface area contributed by atoms with E-state index in [1.807, 2.05) is 33.8 Å². The Morgan fingerprint density at radius 3 is 2.38 bits per heavy atom. The lowest BCUT2D eigenvalue weighted by Gasteiger charge is -2.34. The molecule has 0 aliphatic carbocycles. The Kier molecular flexibility index (Phi) is 5.58. The highest BCUT2D eigenvalue weighted by Gasteiger charge is 2.25. The number of aromatic nitrogens is 1. The van der Waals surface area contributed by atoms with Gasteiger partial charge in [-0.15, -0.1) is 0 Å². The number of ketones is 1. The van der Waals surface area contributed by atoms with Gasteiger partial charge in [0.25, 0.3) is 0 Å². The molecule has 1 fully saturated rings. The molecule has 0 unspecified atom stereocenters. The molecule has 3 rings (SSSR count). The Bertz CT molecular complexity index is 772. The number of morpholine rings is 1. The van der Waals surface area contributed by atoms with Crippen molar-refractivity contribution in [1.29, 1.82) is 0 Å². The van der Waals surface area contributed by atoms with Crippen LogP contribution in [0.1, 0.15) is 41.2 Å². The van der Waals surface area contributed by atoms with Gasteiger partial charge in [0.05, 0.1) is 18.8 Å². The standard InChI is InChI=1S/C21H27FN2O2/c1-14-9-20(21(25)13-23-10-15(2)26-16(3)11-23)17(4)24(14)12-18-5-7-19(22)8-6-18/h5-9,15-16H,10-13H2,1-4H3/t15-,16-/m1/s1. The number of carbonyl (C=O) groups excluding carboxylic acids is 1. The lowest BCUT2D eigenvalue weighted by molar-refractivity contribution is -0.0652. The van der Waals surface area contributed by atoms with Gasteiger partial charge in [-0.1, -0.05) is 12.1 Å². The number of nitrogens with zero attached hydrogens (tertiary/aromatic N) is 2. The normalized spacial score (nSPS) is 21.1. The van der Waals surface area contributed by atoms with Crippen LogP contribution in [0.2, 0.25) is 0 Å². The average Bonchev–Trinajstić information content (AvgIpc) is 2.84. The molecule has 1 saturated heterocycles. The summed E-state index contributed by atoms with van der Waals surface area (Å²) >= 11 is 0. The predicted molar refractivity (Wildman–Crippen MR) is 100 cm³/mol. The number of hydrogen-bond acceptors (Lipinski definition) is 3. The maximum Gasteiger partial charge on any atom is 0.178 e. The third kappa shape index (κ3) is 4.22. The second-order valence-corrected chi connectivity index (χ2v) is 7.37. The minimum atomic E-state index is -0.237. The van der Waals surface area contributed by atoms with Crippen molar-refractivity contribution in [2.24, 2.45) is 0 Å². The van der Waals surface area contributed by atoms with Gasteiger partial charge in [0.1, 0.15) is 5.82 Å². The van der Waals surface area contributed by atoms with Crippen LogP contribution in [-0.4, -0.2) is 47.1 Å². The first-order chi connectivity index (χ1) is 12.3. The van der Waals surface area contributed by atoms with E-state index in [1.54, 1.807) is 12.1 Å². The number of halogens is 1. The Morgan fingerprint density at radius 2 is 1.77 bits per heavy atom. The van der Waals surface area contributed by atoms with E-state index in [0.717, 1.165) is 35.6 Å². The Morgan fingerprint density at radius 1 is 1.15 bits per heavy atom. The molecule has 2 aromatic rings. The molecule has 0 spiro atoms. The first-order valence-electron chi connectivity index (χ1n) is 9.15. The fraction of sp³-hybridized carbons (Fsp3) is 0.476. The van der Waals surface area contributed by atoms with Crippen molar-refractivity contribution in [2.45, 2.75) is 46.4 Å². The van der Waals surface area contributed by atoms with Crippen molar-refractivity contribution in [3.63, 3.8) is 0 Å². The van der Waals surface area contributed by atoms with Crippen molar-refractivity contribution in [3.8, 4) is 0 Å². The van der Waals surface area contributed by atoms with Gasteiger partial charge in [0.15, 0.2) is 5.78 Å². The van der Waals surface area contributed by atoms with Crippen molar-refractivity contribution >= 4 is 5.78 Å². The minimum Gasteiger partial charge on any atom is -0.373 e. The Labute approximate surface area is 154 Å². The maximum atomic E-state index is 13.1. The SMILES string of the molecule is Cc1cc(C(=O)CN2C[C@@H](C)O[C@H](C)C2)c(C)n1Cc1ccc(F)cc1. The lowest BCUT2D eigenvalue weighted by Crippen LogP contribution is -2.47. The van der Waals surface area contributed by atoms with Gasteiger partial charge in [-0.05, 0) is 51.5 Å². The van der Waals surface area contributed by atoms with Crippen molar-refractivity contribution in [1.82, 2.24) is 9.47 Å². The van der Waals surface area contributed by atoms with Crippen molar-refractivity contribution in [2.75, 3.05) is 19.6 Å². The topological polar surface area (TPSA) is 34.5 Å².